The molecular formula is C8H11NO3. The van der Waals surface area contributed by atoms with Crippen LogP contribution in [-0.2, 0) is 14.3 Å². The van der Waals surface area contributed by atoms with Crippen LogP contribution in [0.2, 0.25) is 0 Å². The molecule has 2 rings (SSSR count). The third-order valence-electron chi connectivity index (χ3n) is 2.87. The first-order valence-electron chi connectivity index (χ1n) is 4.07. The number of carbonyl (C=O) groups is 2. The van der Waals surface area contributed by atoms with Crippen molar-refractivity contribution in [3.8, 4) is 0 Å². The number of carbonyl (C=O) groups excluding carboxylic acids is 2. The number of esters is 1. The van der Waals surface area contributed by atoms with Crippen molar-refractivity contribution in [2.45, 2.75) is 12.8 Å². The largest absolute Gasteiger partial charge is 0.469 e. The van der Waals surface area contributed by atoms with Crippen molar-refractivity contribution >= 4 is 11.9 Å². The summed E-state index contributed by atoms with van der Waals surface area (Å²) >= 11 is 0. The number of rotatable bonds is 1. The van der Waals surface area contributed by atoms with Crippen molar-refractivity contribution in [2.24, 2.45) is 11.3 Å². The Morgan fingerprint density at radius 1 is 1.75 bits per heavy atom. The minimum Gasteiger partial charge on any atom is -0.469 e. The standard InChI is InChI=1S/C8H11NO3/c1-12-6(10)5-4-8(5)2-3-9-7(8)11/h5H,2-4H2,1H3,(H,9,11)/t5-,8-/m1/s1. The van der Waals surface area contributed by atoms with E-state index in [-0.39, 0.29) is 23.2 Å². The molecule has 0 radical (unpaired) electrons. The highest BCUT2D eigenvalue weighted by Gasteiger charge is 2.65. The van der Waals surface area contributed by atoms with E-state index in [0.717, 1.165) is 6.42 Å². The van der Waals surface area contributed by atoms with Gasteiger partial charge in [0.2, 0.25) is 5.91 Å². The molecule has 1 aliphatic heterocycles. The maximum Gasteiger partial charge on any atom is 0.309 e. The molecule has 1 N–H and O–H groups in total. The summed E-state index contributed by atoms with van der Waals surface area (Å²) in [4.78, 5) is 22.3. The van der Waals surface area contributed by atoms with Gasteiger partial charge in [0.1, 0.15) is 0 Å². The molecular weight excluding hydrogens is 158 g/mol. The summed E-state index contributed by atoms with van der Waals surface area (Å²) in [5.74, 6) is -0.394. The SMILES string of the molecule is COC(=O)[C@H]1C[C@]12CCNC2=O. The molecule has 0 aromatic heterocycles. The van der Waals surface area contributed by atoms with Crippen LogP contribution in [0, 0.1) is 11.3 Å². The normalized spacial score (nSPS) is 38.1. The van der Waals surface area contributed by atoms with E-state index in [1.165, 1.54) is 7.11 Å². The lowest BCUT2D eigenvalue weighted by Gasteiger charge is -2.02. The highest BCUT2D eigenvalue weighted by atomic mass is 16.5. The fourth-order valence-electron chi connectivity index (χ4n) is 1.97. The molecule has 12 heavy (non-hydrogen) atoms. The average molecular weight is 169 g/mol. The summed E-state index contributed by atoms with van der Waals surface area (Å²) in [6, 6.07) is 0. The predicted octanol–water partition coefficient (Wildman–Crippen LogP) is -0.314. The molecule has 4 nitrogen and oxygen atoms in total. The maximum absolute atomic E-state index is 11.3. The van der Waals surface area contributed by atoms with Crippen molar-refractivity contribution in [3.05, 3.63) is 0 Å². The van der Waals surface area contributed by atoms with Crippen LogP contribution >= 0.6 is 0 Å². The van der Waals surface area contributed by atoms with Crippen molar-refractivity contribution in [3.63, 3.8) is 0 Å². The zero-order valence-corrected chi connectivity index (χ0v) is 6.92. The van der Waals surface area contributed by atoms with Gasteiger partial charge in [0.25, 0.3) is 0 Å². The minimum absolute atomic E-state index is 0.0258. The van der Waals surface area contributed by atoms with Crippen LogP contribution in [0.25, 0.3) is 0 Å². The number of nitrogens with one attached hydrogen (secondary N) is 1. The van der Waals surface area contributed by atoms with E-state index >= 15 is 0 Å². The molecule has 1 amide bonds. The minimum atomic E-state index is -0.382. The summed E-state index contributed by atoms with van der Waals surface area (Å²) in [5, 5.41) is 2.73. The summed E-state index contributed by atoms with van der Waals surface area (Å²) in [6.45, 7) is 0.701. The van der Waals surface area contributed by atoms with E-state index in [0.29, 0.717) is 13.0 Å². The average Bonchev–Trinajstić information content (AvgIpc) is 2.68. The molecule has 0 aromatic rings. The molecule has 1 aliphatic carbocycles. The van der Waals surface area contributed by atoms with E-state index in [2.05, 4.69) is 10.1 Å². The monoisotopic (exact) mass is 169 g/mol. The van der Waals surface area contributed by atoms with E-state index in [9.17, 15) is 9.59 Å². The van der Waals surface area contributed by atoms with E-state index in [1.54, 1.807) is 0 Å². The molecule has 0 aromatic carbocycles. The van der Waals surface area contributed by atoms with Gasteiger partial charge in [0.15, 0.2) is 0 Å². The highest BCUT2D eigenvalue weighted by Crippen LogP contribution is 2.57. The van der Waals surface area contributed by atoms with Gasteiger partial charge in [-0.2, -0.15) is 0 Å². The van der Waals surface area contributed by atoms with Gasteiger partial charge in [0, 0.05) is 6.54 Å². The summed E-state index contributed by atoms with van der Waals surface area (Å²) in [5.41, 5.74) is -0.382. The van der Waals surface area contributed by atoms with Crippen LogP contribution < -0.4 is 5.32 Å². The lowest BCUT2D eigenvalue weighted by atomic mass is 10.0. The quantitative estimate of drug-likeness (QED) is 0.547. The van der Waals surface area contributed by atoms with Crippen molar-refractivity contribution in [1.82, 2.24) is 5.32 Å². The van der Waals surface area contributed by atoms with Gasteiger partial charge in [-0.3, -0.25) is 9.59 Å². The first-order valence-corrected chi connectivity index (χ1v) is 4.07. The molecule has 1 saturated carbocycles. The fourth-order valence-corrected chi connectivity index (χ4v) is 1.97. The van der Waals surface area contributed by atoms with Crippen LogP contribution in [0.5, 0.6) is 0 Å². The first-order chi connectivity index (χ1) is 5.70. The maximum atomic E-state index is 11.3. The van der Waals surface area contributed by atoms with Gasteiger partial charge >= 0.3 is 5.97 Å². The molecule has 4 heteroatoms. The van der Waals surface area contributed by atoms with Gasteiger partial charge in [-0.25, -0.2) is 0 Å². The molecule has 0 bridgehead atoms. The Bertz CT molecular complexity index is 251. The molecule has 66 valence electrons. The molecule has 1 heterocycles. The lowest BCUT2D eigenvalue weighted by molar-refractivity contribution is -0.144. The zero-order valence-electron chi connectivity index (χ0n) is 6.92. The van der Waals surface area contributed by atoms with Gasteiger partial charge in [-0.15, -0.1) is 0 Å². The molecule has 1 spiro atoms. The van der Waals surface area contributed by atoms with Crippen molar-refractivity contribution in [2.75, 3.05) is 13.7 Å². The smallest absolute Gasteiger partial charge is 0.309 e. The molecule has 2 atom stereocenters. The second-order valence-corrected chi connectivity index (χ2v) is 3.44. The predicted molar refractivity (Wildman–Crippen MR) is 40.2 cm³/mol. The second-order valence-electron chi connectivity index (χ2n) is 3.44. The Labute approximate surface area is 70.3 Å². The Hall–Kier alpha value is -1.06. The topological polar surface area (TPSA) is 55.4 Å². The van der Waals surface area contributed by atoms with Gasteiger partial charge in [-0.1, -0.05) is 0 Å². The molecule has 0 unspecified atom stereocenters. The Kier molecular flexibility index (Phi) is 1.40. The first kappa shape index (κ1) is 7.58. The second kappa shape index (κ2) is 2.21. The van der Waals surface area contributed by atoms with E-state index in [4.69, 9.17) is 0 Å². The van der Waals surface area contributed by atoms with Gasteiger partial charge in [0.05, 0.1) is 18.4 Å². The lowest BCUT2D eigenvalue weighted by Crippen LogP contribution is -2.23. The summed E-state index contributed by atoms with van der Waals surface area (Å²) < 4.78 is 4.59. The van der Waals surface area contributed by atoms with E-state index in [1.807, 2.05) is 0 Å². The molecule has 1 saturated heterocycles. The van der Waals surface area contributed by atoms with Crippen LogP contribution in [0.15, 0.2) is 0 Å². The highest BCUT2D eigenvalue weighted by molar-refractivity contribution is 5.95. The number of hydrogen-bond acceptors (Lipinski definition) is 3. The van der Waals surface area contributed by atoms with Crippen molar-refractivity contribution in [1.29, 1.82) is 0 Å². The van der Waals surface area contributed by atoms with Gasteiger partial charge < -0.3 is 10.1 Å². The van der Waals surface area contributed by atoms with Crippen LogP contribution in [-0.4, -0.2) is 25.5 Å². The van der Waals surface area contributed by atoms with Crippen LogP contribution in [0.4, 0.5) is 0 Å². The fraction of sp³-hybridized carbons (Fsp3) is 0.750. The Morgan fingerprint density at radius 2 is 2.50 bits per heavy atom. The summed E-state index contributed by atoms with van der Waals surface area (Å²) in [7, 11) is 1.36. The number of ether oxygens (including phenoxy) is 1. The Balaban J connectivity index is 2.09. The molecule has 2 aliphatic rings. The molecule has 2 fully saturated rings. The third-order valence-corrected chi connectivity index (χ3v) is 2.87. The number of methoxy groups -OCH3 is 1. The van der Waals surface area contributed by atoms with Gasteiger partial charge in [-0.05, 0) is 12.8 Å². The number of hydrogen-bond donors (Lipinski definition) is 1. The number of amides is 1. The van der Waals surface area contributed by atoms with Crippen molar-refractivity contribution < 1.29 is 14.3 Å². The zero-order chi connectivity index (χ0) is 8.77. The van der Waals surface area contributed by atoms with Crippen LogP contribution in [0.1, 0.15) is 12.8 Å². The van der Waals surface area contributed by atoms with E-state index < -0.39 is 0 Å². The van der Waals surface area contributed by atoms with Crippen LogP contribution in [0.3, 0.4) is 0 Å². The Morgan fingerprint density at radius 3 is 3.00 bits per heavy atom. The summed E-state index contributed by atoms with van der Waals surface area (Å²) in [6.07, 6.45) is 1.46. The third kappa shape index (κ3) is 0.777.